The normalized spacial score (nSPS) is 11.1. The number of rotatable bonds is 3. The lowest BCUT2D eigenvalue weighted by Gasteiger charge is -1.96. The van der Waals surface area contributed by atoms with E-state index in [9.17, 15) is 0 Å². The first kappa shape index (κ1) is 13.9. The number of hydrogen-bond donors (Lipinski definition) is 0. The molecule has 0 saturated carbocycles. The Morgan fingerprint density at radius 2 is 2.00 bits per heavy atom. The van der Waals surface area contributed by atoms with Crippen LogP contribution in [0, 0.1) is 0 Å². The van der Waals surface area contributed by atoms with Gasteiger partial charge in [0.2, 0.25) is 4.96 Å². The van der Waals surface area contributed by atoms with Crippen LogP contribution in [-0.4, -0.2) is 19.6 Å². The van der Waals surface area contributed by atoms with Gasteiger partial charge in [-0.2, -0.15) is 0 Å². The maximum absolute atomic E-state index is 4.62. The van der Waals surface area contributed by atoms with E-state index in [1.54, 1.807) is 29.3 Å². The third-order valence-electron chi connectivity index (χ3n) is 3.00. The number of benzene rings is 1. The molecule has 108 valence electrons. The SMILES string of the molecule is Brc1ccc(Sc2nn3cc(-c4cccnc4)nc3s2)cc1. The molecule has 3 heterocycles. The smallest absolute Gasteiger partial charge is 0.213 e. The van der Waals surface area contributed by atoms with Crippen LogP contribution in [0.5, 0.6) is 0 Å². The summed E-state index contributed by atoms with van der Waals surface area (Å²) in [6.45, 7) is 0. The quantitative estimate of drug-likeness (QED) is 0.507. The van der Waals surface area contributed by atoms with E-state index in [0.29, 0.717) is 0 Å². The molecule has 22 heavy (non-hydrogen) atoms. The van der Waals surface area contributed by atoms with Gasteiger partial charge in [-0.05, 0) is 36.4 Å². The highest BCUT2D eigenvalue weighted by atomic mass is 79.9. The van der Waals surface area contributed by atoms with Crippen molar-refractivity contribution in [1.82, 2.24) is 19.6 Å². The van der Waals surface area contributed by atoms with Crippen molar-refractivity contribution in [2.45, 2.75) is 9.24 Å². The van der Waals surface area contributed by atoms with Crippen molar-refractivity contribution in [2.75, 3.05) is 0 Å². The molecule has 0 aliphatic heterocycles. The van der Waals surface area contributed by atoms with Crippen LogP contribution in [0.4, 0.5) is 0 Å². The highest BCUT2D eigenvalue weighted by molar-refractivity contribution is 9.10. The molecular weight excluding hydrogens is 380 g/mol. The molecule has 4 nitrogen and oxygen atoms in total. The van der Waals surface area contributed by atoms with Crippen molar-refractivity contribution >= 4 is 44.0 Å². The fraction of sp³-hybridized carbons (Fsp3) is 0. The lowest BCUT2D eigenvalue weighted by molar-refractivity contribution is 0.915. The zero-order chi connectivity index (χ0) is 14.9. The Bertz CT molecular complexity index is 884. The zero-order valence-corrected chi connectivity index (χ0v) is 14.4. The van der Waals surface area contributed by atoms with E-state index < -0.39 is 0 Å². The minimum Gasteiger partial charge on any atom is -0.264 e. The van der Waals surface area contributed by atoms with Crippen LogP contribution in [0.15, 0.2) is 68.7 Å². The monoisotopic (exact) mass is 388 g/mol. The van der Waals surface area contributed by atoms with Gasteiger partial charge in [-0.25, -0.2) is 9.50 Å². The molecule has 0 saturated heterocycles. The summed E-state index contributed by atoms with van der Waals surface area (Å²) >= 11 is 6.67. The fourth-order valence-corrected chi connectivity index (χ4v) is 4.14. The summed E-state index contributed by atoms with van der Waals surface area (Å²) in [7, 11) is 0. The Kier molecular flexibility index (Phi) is 3.69. The standard InChI is InChI=1S/C15H9BrN4S2/c16-11-3-5-12(6-4-11)21-15-19-20-9-13(18-14(20)22-15)10-2-1-7-17-8-10/h1-9H. The number of pyridine rings is 1. The van der Waals surface area contributed by atoms with E-state index in [-0.39, 0.29) is 0 Å². The molecular formula is C15H9BrN4S2. The molecule has 0 aliphatic rings. The van der Waals surface area contributed by atoms with Gasteiger partial charge < -0.3 is 0 Å². The van der Waals surface area contributed by atoms with Gasteiger partial charge in [-0.1, -0.05) is 39.0 Å². The highest BCUT2D eigenvalue weighted by Crippen LogP contribution is 2.32. The first-order chi connectivity index (χ1) is 10.8. The Balaban J connectivity index is 1.62. The summed E-state index contributed by atoms with van der Waals surface area (Å²) in [5, 5.41) is 4.58. The summed E-state index contributed by atoms with van der Waals surface area (Å²) < 4.78 is 3.88. The van der Waals surface area contributed by atoms with E-state index in [4.69, 9.17) is 0 Å². The third-order valence-corrected chi connectivity index (χ3v) is 5.51. The minimum absolute atomic E-state index is 0.887. The maximum Gasteiger partial charge on any atom is 0.213 e. The molecule has 0 aliphatic carbocycles. The van der Waals surface area contributed by atoms with Crippen molar-refractivity contribution in [3.63, 3.8) is 0 Å². The lowest BCUT2D eigenvalue weighted by atomic mass is 10.2. The van der Waals surface area contributed by atoms with Gasteiger partial charge in [0.1, 0.15) is 0 Å². The Morgan fingerprint density at radius 3 is 2.73 bits per heavy atom. The van der Waals surface area contributed by atoms with Crippen molar-refractivity contribution < 1.29 is 0 Å². The Morgan fingerprint density at radius 1 is 1.14 bits per heavy atom. The molecule has 0 amide bonds. The molecule has 7 heteroatoms. The minimum atomic E-state index is 0.887. The molecule has 0 radical (unpaired) electrons. The van der Waals surface area contributed by atoms with Gasteiger partial charge >= 0.3 is 0 Å². The number of hydrogen-bond acceptors (Lipinski definition) is 5. The van der Waals surface area contributed by atoms with Crippen LogP contribution in [0.25, 0.3) is 16.2 Å². The van der Waals surface area contributed by atoms with Crippen LogP contribution in [0.3, 0.4) is 0 Å². The Hall–Kier alpha value is -1.70. The molecule has 0 bridgehead atoms. The van der Waals surface area contributed by atoms with E-state index in [1.165, 1.54) is 0 Å². The largest absolute Gasteiger partial charge is 0.264 e. The molecule has 0 fully saturated rings. The summed E-state index contributed by atoms with van der Waals surface area (Å²) in [4.78, 5) is 10.8. The number of aromatic nitrogens is 4. The molecule has 1 aromatic carbocycles. The maximum atomic E-state index is 4.62. The van der Waals surface area contributed by atoms with Gasteiger partial charge in [0.05, 0.1) is 11.9 Å². The molecule has 0 N–H and O–H groups in total. The predicted molar refractivity (Wildman–Crippen MR) is 92.4 cm³/mol. The highest BCUT2D eigenvalue weighted by Gasteiger charge is 2.10. The molecule has 3 aromatic heterocycles. The molecule has 0 atom stereocenters. The number of halogens is 1. The van der Waals surface area contributed by atoms with E-state index >= 15 is 0 Å². The zero-order valence-electron chi connectivity index (χ0n) is 11.2. The van der Waals surface area contributed by atoms with Crippen LogP contribution in [0.2, 0.25) is 0 Å². The molecule has 4 rings (SSSR count). The third kappa shape index (κ3) is 2.79. The molecule has 0 spiro atoms. The van der Waals surface area contributed by atoms with E-state index in [0.717, 1.165) is 29.9 Å². The van der Waals surface area contributed by atoms with E-state index in [1.807, 2.05) is 41.2 Å². The second kappa shape index (κ2) is 5.83. The first-order valence-corrected chi connectivity index (χ1v) is 8.90. The topological polar surface area (TPSA) is 43.1 Å². The van der Waals surface area contributed by atoms with E-state index in [2.05, 4.69) is 43.1 Å². The van der Waals surface area contributed by atoms with Crippen molar-refractivity contribution in [2.24, 2.45) is 0 Å². The molecule has 0 unspecified atom stereocenters. The van der Waals surface area contributed by atoms with Gasteiger partial charge in [0, 0.05) is 27.3 Å². The average molecular weight is 389 g/mol. The summed E-state index contributed by atoms with van der Waals surface area (Å²) in [5.41, 5.74) is 1.90. The fourth-order valence-electron chi connectivity index (χ4n) is 1.98. The first-order valence-electron chi connectivity index (χ1n) is 6.48. The summed E-state index contributed by atoms with van der Waals surface area (Å²) in [6, 6.07) is 12.1. The lowest BCUT2D eigenvalue weighted by Crippen LogP contribution is -1.81. The summed E-state index contributed by atoms with van der Waals surface area (Å²) in [5.74, 6) is 0. The second-order valence-corrected chi connectivity index (χ2v) is 7.71. The van der Waals surface area contributed by atoms with Crippen LogP contribution in [-0.2, 0) is 0 Å². The Labute approximate surface area is 143 Å². The van der Waals surface area contributed by atoms with Gasteiger partial charge in [0.15, 0.2) is 4.34 Å². The number of fused-ring (bicyclic) bond motifs is 1. The van der Waals surface area contributed by atoms with Crippen LogP contribution in [0.1, 0.15) is 0 Å². The van der Waals surface area contributed by atoms with Crippen molar-refractivity contribution in [3.8, 4) is 11.3 Å². The second-order valence-electron chi connectivity index (χ2n) is 4.52. The van der Waals surface area contributed by atoms with Crippen LogP contribution >= 0.6 is 39.0 Å². The number of nitrogens with zero attached hydrogens (tertiary/aromatic N) is 4. The van der Waals surface area contributed by atoms with Gasteiger partial charge in [0.25, 0.3) is 0 Å². The predicted octanol–water partition coefficient (Wildman–Crippen LogP) is 4.77. The number of imidazole rings is 1. The van der Waals surface area contributed by atoms with Crippen molar-refractivity contribution in [1.29, 1.82) is 0 Å². The van der Waals surface area contributed by atoms with Gasteiger partial charge in [-0.15, -0.1) is 5.10 Å². The van der Waals surface area contributed by atoms with Crippen molar-refractivity contribution in [3.05, 3.63) is 59.5 Å². The summed E-state index contributed by atoms with van der Waals surface area (Å²) in [6.07, 6.45) is 5.51. The van der Waals surface area contributed by atoms with Gasteiger partial charge in [-0.3, -0.25) is 4.98 Å². The average Bonchev–Trinajstić information content (AvgIpc) is 3.09. The molecule has 4 aromatic rings. The van der Waals surface area contributed by atoms with Crippen LogP contribution < -0.4 is 0 Å².